The van der Waals surface area contributed by atoms with E-state index in [-0.39, 0.29) is 10.6 Å². The van der Waals surface area contributed by atoms with Gasteiger partial charge in [0, 0.05) is 23.2 Å². The molecule has 0 fully saturated rings. The molecule has 1 aromatic carbocycles. The first-order valence-corrected chi connectivity index (χ1v) is 9.83. The van der Waals surface area contributed by atoms with E-state index in [1.54, 1.807) is 11.3 Å². The molecule has 0 spiro atoms. The van der Waals surface area contributed by atoms with Crippen molar-refractivity contribution in [2.45, 2.75) is 32.6 Å². The summed E-state index contributed by atoms with van der Waals surface area (Å²) in [5, 5.41) is 7.36. The maximum atomic E-state index is 12.6. The predicted octanol–water partition coefficient (Wildman–Crippen LogP) is 4.30. The minimum Gasteiger partial charge on any atom is -0.331 e. The van der Waals surface area contributed by atoms with Crippen LogP contribution in [0.1, 0.15) is 30.2 Å². The van der Waals surface area contributed by atoms with Gasteiger partial charge >= 0.3 is 0 Å². The molecule has 1 aliphatic rings. The minimum atomic E-state index is -0.104. The maximum Gasteiger partial charge on any atom is 0.246 e. The predicted molar refractivity (Wildman–Crippen MR) is 104 cm³/mol. The van der Waals surface area contributed by atoms with E-state index >= 15 is 0 Å². The molecular formula is C18H17N3O2S2. The third kappa shape index (κ3) is 3.29. The largest absolute Gasteiger partial charge is 0.331 e. The summed E-state index contributed by atoms with van der Waals surface area (Å²) in [5.74, 6) is -0.104. The van der Waals surface area contributed by atoms with E-state index in [9.17, 15) is 9.59 Å². The topological polar surface area (TPSA) is 71.1 Å². The summed E-state index contributed by atoms with van der Waals surface area (Å²) in [7, 11) is 0. The van der Waals surface area contributed by atoms with Crippen LogP contribution in [0.5, 0.6) is 0 Å². The molecule has 25 heavy (non-hydrogen) atoms. The Morgan fingerprint density at radius 1 is 1.08 bits per heavy atom. The Balaban J connectivity index is 1.63. The van der Waals surface area contributed by atoms with Crippen LogP contribution in [0, 0.1) is 0 Å². The molecule has 4 rings (SSSR count). The van der Waals surface area contributed by atoms with Crippen molar-refractivity contribution in [1.82, 2.24) is 4.98 Å². The third-order valence-corrected chi connectivity index (χ3v) is 6.17. The zero-order valence-corrected chi connectivity index (χ0v) is 15.4. The zero-order valence-electron chi connectivity index (χ0n) is 13.7. The second-order valence-electron chi connectivity index (χ2n) is 6.08. The van der Waals surface area contributed by atoms with E-state index in [1.807, 2.05) is 24.3 Å². The lowest BCUT2D eigenvalue weighted by molar-refractivity contribution is -0.114. The second-order valence-corrected chi connectivity index (χ2v) is 8.13. The number of hydrogen-bond donors (Lipinski definition) is 2. The van der Waals surface area contributed by atoms with E-state index in [0.717, 1.165) is 52.2 Å². The fraction of sp³-hybridized carbons (Fsp3) is 0.278. The van der Waals surface area contributed by atoms with Crippen molar-refractivity contribution < 1.29 is 4.79 Å². The Labute approximate surface area is 152 Å². The quantitative estimate of drug-likeness (QED) is 0.720. The smallest absolute Gasteiger partial charge is 0.246 e. The highest BCUT2D eigenvalue weighted by molar-refractivity contribution is 7.20. The van der Waals surface area contributed by atoms with Crippen LogP contribution >= 0.6 is 22.7 Å². The number of nitrogens with one attached hydrogen (secondary N) is 2. The highest BCUT2D eigenvalue weighted by Gasteiger charge is 2.19. The number of amides is 1. The summed E-state index contributed by atoms with van der Waals surface area (Å²) >= 11 is 2.81. The highest BCUT2D eigenvalue weighted by Crippen LogP contribution is 2.35. The lowest BCUT2D eigenvalue weighted by atomic mass is 9.98. The van der Waals surface area contributed by atoms with E-state index in [0.29, 0.717) is 5.13 Å². The number of carbonyl (C=O) groups excluding carboxylic acids is 1. The molecule has 2 N–H and O–H groups in total. The number of aromatic nitrogens is 1. The molecule has 0 saturated heterocycles. The van der Waals surface area contributed by atoms with Gasteiger partial charge in [-0.3, -0.25) is 9.59 Å². The Kier molecular flexibility index (Phi) is 4.27. The van der Waals surface area contributed by atoms with E-state index in [1.165, 1.54) is 23.8 Å². The van der Waals surface area contributed by atoms with Crippen molar-refractivity contribution in [2.24, 2.45) is 0 Å². The summed E-state index contributed by atoms with van der Waals surface area (Å²) in [5.41, 5.74) is 2.80. The monoisotopic (exact) mass is 371 g/mol. The van der Waals surface area contributed by atoms with Gasteiger partial charge in [-0.2, -0.15) is 0 Å². The van der Waals surface area contributed by atoms with Gasteiger partial charge in [-0.15, -0.1) is 11.3 Å². The van der Waals surface area contributed by atoms with Crippen LogP contribution in [0.3, 0.4) is 0 Å². The Hall–Kier alpha value is -2.25. The molecule has 0 unspecified atom stereocenters. The van der Waals surface area contributed by atoms with Crippen molar-refractivity contribution in [3.8, 4) is 0 Å². The first-order valence-electron chi connectivity index (χ1n) is 8.20. The zero-order chi connectivity index (χ0) is 17.4. The number of hydrogen-bond acceptors (Lipinski definition) is 6. The molecule has 0 bridgehead atoms. The molecule has 0 aliphatic heterocycles. The fourth-order valence-electron chi connectivity index (χ4n) is 3.11. The van der Waals surface area contributed by atoms with Gasteiger partial charge in [-0.05, 0) is 55.5 Å². The average Bonchev–Trinajstić information content (AvgIpc) is 2.95. The van der Waals surface area contributed by atoms with Gasteiger partial charge in [-0.25, -0.2) is 4.98 Å². The standard InChI is InChI=1S/C18H17N3O2S2/c1-10(22)19-11-6-8-12(9-7-11)20-18-21-16-15(17(23)25-18)13-4-2-3-5-14(13)24-16/h6-9H,2-5H2,1H3,(H,19,22)(H,20,21). The van der Waals surface area contributed by atoms with Gasteiger partial charge in [0.2, 0.25) is 10.6 Å². The number of nitrogens with zero attached hydrogens (tertiary/aromatic N) is 1. The summed E-state index contributed by atoms with van der Waals surface area (Å²) in [6.45, 7) is 1.48. The highest BCUT2D eigenvalue weighted by atomic mass is 32.1. The molecule has 7 heteroatoms. The molecule has 0 radical (unpaired) electrons. The van der Waals surface area contributed by atoms with Crippen LogP contribution in [0.15, 0.2) is 29.1 Å². The van der Waals surface area contributed by atoms with Crippen LogP contribution in [0.2, 0.25) is 0 Å². The normalized spacial score (nSPS) is 13.5. The number of thiophene rings is 1. The molecule has 2 heterocycles. The lowest BCUT2D eigenvalue weighted by Crippen LogP contribution is -2.06. The van der Waals surface area contributed by atoms with E-state index in [2.05, 4.69) is 15.6 Å². The number of carbonyl (C=O) groups is 1. The number of benzene rings is 1. The number of rotatable bonds is 3. The lowest BCUT2D eigenvalue weighted by Gasteiger charge is -2.09. The molecule has 1 aliphatic carbocycles. The average molecular weight is 371 g/mol. The summed E-state index contributed by atoms with van der Waals surface area (Å²) < 4.78 is 0.0850. The summed E-state index contributed by atoms with van der Waals surface area (Å²) in [6.07, 6.45) is 4.41. The van der Waals surface area contributed by atoms with E-state index in [4.69, 9.17) is 0 Å². The van der Waals surface area contributed by atoms with Crippen molar-refractivity contribution in [3.05, 3.63) is 44.2 Å². The van der Waals surface area contributed by atoms with Crippen LogP contribution in [-0.2, 0) is 17.6 Å². The molecule has 3 aromatic rings. The van der Waals surface area contributed by atoms with Gasteiger partial charge in [-0.1, -0.05) is 11.3 Å². The molecule has 1 amide bonds. The van der Waals surface area contributed by atoms with Gasteiger partial charge in [0.25, 0.3) is 0 Å². The van der Waals surface area contributed by atoms with Crippen molar-refractivity contribution >= 4 is 55.3 Å². The number of fused-ring (bicyclic) bond motifs is 3. The first kappa shape index (κ1) is 16.2. The third-order valence-electron chi connectivity index (χ3n) is 4.21. The van der Waals surface area contributed by atoms with Crippen LogP contribution in [0.25, 0.3) is 10.2 Å². The van der Waals surface area contributed by atoms with Gasteiger partial charge in [0.05, 0.1) is 5.39 Å². The summed E-state index contributed by atoms with van der Waals surface area (Å²) in [4.78, 5) is 30.5. The molecular weight excluding hydrogens is 354 g/mol. The van der Waals surface area contributed by atoms with E-state index < -0.39 is 0 Å². The SMILES string of the molecule is CC(=O)Nc1ccc(Nc2nc3sc4c(c3c(=O)s2)CCCC4)cc1. The second kappa shape index (κ2) is 6.57. The molecule has 0 saturated carbocycles. The molecule has 5 nitrogen and oxygen atoms in total. The van der Waals surface area contributed by atoms with Crippen LogP contribution in [0.4, 0.5) is 16.5 Å². The van der Waals surface area contributed by atoms with Gasteiger partial charge in [0.15, 0.2) is 5.13 Å². The van der Waals surface area contributed by atoms with Crippen molar-refractivity contribution in [2.75, 3.05) is 10.6 Å². The van der Waals surface area contributed by atoms with Crippen molar-refractivity contribution in [3.63, 3.8) is 0 Å². The number of aryl methyl sites for hydroxylation is 2. The van der Waals surface area contributed by atoms with Gasteiger partial charge in [0.1, 0.15) is 4.83 Å². The molecule has 2 aromatic heterocycles. The summed E-state index contributed by atoms with van der Waals surface area (Å²) in [6, 6.07) is 7.34. The van der Waals surface area contributed by atoms with Crippen molar-refractivity contribution in [1.29, 1.82) is 0 Å². The Bertz CT molecular complexity index is 1010. The molecule has 128 valence electrons. The fourth-order valence-corrected chi connectivity index (χ4v) is 5.30. The maximum absolute atomic E-state index is 12.6. The number of anilines is 3. The molecule has 0 atom stereocenters. The Morgan fingerprint density at radius 3 is 2.56 bits per heavy atom. The van der Waals surface area contributed by atoms with Gasteiger partial charge < -0.3 is 10.6 Å². The van der Waals surface area contributed by atoms with Crippen LogP contribution in [-0.4, -0.2) is 10.9 Å². The Morgan fingerprint density at radius 2 is 1.80 bits per heavy atom. The first-order chi connectivity index (χ1) is 12.1. The minimum absolute atomic E-state index is 0.0850. The van der Waals surface area contributed by atoms with Crippen LogP contribution < -0.4 is 15.4 Å².